The standard InChI is InChI=1S/C27H23ClN4O2/c1-16(2)18-7-9-21(10-8-18)32-30-23-13-17(3)22(15-24(23)31-32)29-27(33)26-12-11-25(34-26)19-5-4-6-20(28)14-19/h4-16H,1-3H3,(H,29,33). The van der Waals surface area contributed by atoms with Crippen molar-refractivity contribution in [2.24, 2.45) is 0 Å². The molecule has 2 aromatic heterocycles. The molecule has 170 valence electrons. The number of hydrogen-bond donors (Lipinski definition) is 1. The van der Waals surface area contributed by atoms with Gasteiger partial charge < -0.3 is 9.73 Å². The van der Waals surface area contributed by atoms with Crippen molar-refractivity contribution in [1.29, 1.82) is 0 Å². The zero-order chi connectivity index (χ0) is 23.8. The van der Waals surface area contributed by atoms with Crippen LogP contribution in [-0.2, 0) is 0 Å². The maximum absolute atomic E-state index is 12.9. The molecule has 0 bridgehead atoms. The first-order valence-electron chi connectivity index (χ1n) is 11.0. The summed E-state index contributed by atoms with van der Waals surface area (Å²) in [6, 6.07) is 22.6. The minimum atomic E-state index is -0.340. The lowest BCUT2D eigenvalue weighted by molar-refractivity contribution is 0.0997. The average Bonchev–Trinajstić information content (AvgIpc) is 3.47. The lowest BCUT2D eigenvalue weighted by atomic mass is 10.0. The van der Waals surface area contributed by atoms with Crippen LogP contribution in [0.3, 0.4) is 0 Å². The Morgan fingerprint density at radius 1 is 0.971 bits per heavy atom. The van der Waals surface area contributed by atoms with Crippen molar-refractivity contribution in [1.82, 2.24) is 15.0 Å². The first-order chi connectivity index (χ1) is 16.4. The van der Waals surface area contributed by atoms with Crippen LogP contribution in [0.1, 0.15) is 41.4 Å². The molecule has 0 aliphatic rings. The van der Waals surface area contributed by atoms with Gasteiger partial charge in [0.1, 0.15) is 16.8 Å². The molecule has 0 fully saturated rings. The molecule has 34 heavy (non-hydrogen) atoms. The van der Waals surface area contributed by atoms with Gasteiger partial charge in [0.05, 0.1) is 5.69 Å². The fraction of sp³-hybridized carbons (Fsp3) is 0.148. The molecular weight excluding hydrogens is 448 g/mol. The van der Waals surface area contributed by atoms with Gasteiger partial charge in [0, 0.05) is 16.3 Å². The molecule has 2 heterocycles. The van der Waals surface area contributed by atoms with Crippen molar-refractivity contribution in [3.05, 3.63) is 94.7 Å². The van der Waals surface area contributed by atoms with E-state index in [2.05, 4.69) is 41.5 Å². The number of nitrogens with one attached hydrogen (secondary N) is 1. The molecule has 0 saturated heterocycles. The van der Waals surface area contributed by atoms with Crippen LogP contribution in [0, 0.1) is 6.92 Å². The van der Waals surface area contributed by atoms with E-state index in [-0.39, 0.29) is 11.7 Å². The van der Waals surface area contributed by atoms with Gasteiger partial charge in [-0.3, -0.25) is 4.79 Å². The third-order valence-electron chi connectivity index (χ3n) is 5.70. The van der Waals surface area contributed by atoms with Crippen LogP contribution in [0.25, 0.3) is 28.0 Å². The fourth-order valence-electron chi connectivity index (χ4n) is 3.75. The number of carbonyl (C=O) groups excluding carboxylic acids is 1. The highest BCUT2D eigenvalue weighted by atomic mass is 35.5. The number of hydrogen-bond acceptors (Lipinski definition) is 4. The minimum absolute atomic E-state index is 0.211. The summed E-state index contributed by atoms with van der Waals surface area (Å²) in [7, 11) is 0. The van der Waals surface area contributed by atoms with Crippen LogP contribution < -0.4 is 5.32 Å². The van der Waals surface area contributed by atoms with Gasteiger partial charge in [-0.05, 0) is 72.5 Å². The van der Waals surface area contributed by atoms with Crippen molar-refractivity contribution >= 4 is 34.2 Å². The highest BCUT2D eigenvalue weighted by molar-refractivity contribution is 6.30. The van der Waals surface area contributed by atoms with Crippen molar-refractivity contribution in [3.8, 4) is 17.0 Å². The van der Waals surface area contributed by atoms with E-state index in [1.54, 1.807) is 29.1 Å². The maximum Gasteiger partial charge on any atom is 0.291 e. The van der Waals surface area contributed by atoms with E-state index in [0.29, 0.717) is 27.9 Å². The monoisotopic (exact) mass is 470 g/mol. The molecule has 1 amide bonds. The first-order valence-corrected chi connectivity index (χ1v) is 11.4. The van der Waals surface area contributed by atoms with Crippen molar-refractivity contribution in [2.45, 2.75) is 26.7 Å². The van der Waals surface area contributed by atoms with Gasteiger partial charge in [0.25, 0.3) is 5.91 Å². The number of anilines is 1. The first kappa shape index (κ1) is 21.9. The largest absolute Gasteiger partial charge is 0.451 e. The fourth-order valence-corrected chi connectivity index (χ4v) is 3.94. The second-order valence-electron chi connectivity index (χ2n) is 8.52. The highest BCUT2D eigenvalue weighted by Crippen LogP contribution is 2.27. The highest BCUT2D eigenvalue weighted by Gasteiger charge is 2.16. The Bertz CT molecular complexity index is 1500. The molecule has 0 atom stereocenters. The molecule has 7 heteroatoms. The molecule has 0 aliphatic heterocycles. The number of aromatic nitrogens is 3. The van der Waals surface area contributed by atoms with Gasteiger partial charge in [-0.25, -0.2) is 0 Å². The summed E-state index contributed by atoms with van der Waals surface area (Å²) in [6.07, 6.45) is 0. The van der Waals surface area contributed by atoms with Gasteiger partial charge in [0.15, 0.2) is 5.76 Å². The molecule has 0 radical (unpaired) electrons. The van der Waals surface area contributed by atoms with E-state index in [1.165, 1.54) is 5.56 Å². The summed E-state index contributed by atoms with van der Waals surface area (Å²) in [5, 5.41) is 12.7. The number of amides is 1. The van der Waals surface area contributed by atoms with Crippen molar-refractivity contribution < 1.29 is 9.21 Å². The van der Waals surface area contributed by atoms with Crippen LogP contribution in [0.15, 0.2) is 77.2 Å². The van der Waals surface area contributed by atoms with Crippen LogP contribution in [0.4, 0.5) is 5.69 Å². The Morgan fingerprint density at radius 2 is 1.71 bits per heavy atom. The number of rotatable bonds is 5. The minimum Gasteiger partial charge on any atom is -0.451 e. The van der Waals surface area contributed by atoms with Gasteiger partial charge >= 0.3 is 0 Å². The smallest absolute Gasteiger partial charge is 0.291 e. The molecule has 0 spiro atoms. The number of halogens is 1. The Morgan fingerprint density at radius 3 is 2.41 bits per heavy atom. The van der Waals surface area contributed by atoms with E-state index in [4.69, 9.17) is 16.0 Å². The summed E-state index contributed by atoms with van der Waals surface area (Å²) in [5.41, 5.74) is 5.93. The molecule has 3 aromatic carbocycles. The summed E-state index contributed by atoms with van der Waals surface area (Å²) in [4.78, 5) is 14.5. The van der Waals surface area contributed by atoms with Crippen molar-refractivity contribution in [3.63, 3.8) is 0 Å². The average molecular weight is 471 g/mol. The number of fused-ring (bicyclic) bond motifs is 1. The van der Waals surface area contributed by atoms with E-state index >= 15 is 0 Å². The Kier molecular flexibility index (Phi) is 5.67. The van der Waals surface area contributed by atoms with E-state index in [1.807, 2.05) is 43.3 Å². The molecule has 5 aromatic rings. The summed E-state index contributed by atoms with van der Waals surface area (Å²) in [6.45, 7) is 6.24. The SMILES string of the molecule is Cc1cc2nn(-c3ccc(C(C)C)cc3)nc2cc1NC(=O)c1ccc(-c2cccc(Cl)c2)o1. The molecule has 0 aliphatic carbocycles. The number of aryl methyl sites for hydroxylation is 1. The third kappa shape index (κ3) is 4.32. The van der Waals surface area contributed by atoms with Crippen LogP contribution >= 0.6 is 11.6 Å². The van der Waals surface area contributed by atoms with Crippen LogP contribution in [0.2, 0.25) is 5.02 Å². The van der Waals surface area contributed by atoms with E-state index in [9.17, 15) is 4.79 Å². The Hall–Kier alpha value is -3.90. The number of furan rings is 1. The van der Waals surface area contributed by atoms with Gasteiger partial charge in [0.2, 0.25) is 0 Å². The zero-order valence-electron chi connectivity index (χ0n) is 19.0. The third-order valence-corrected chi connectivity index (χ3v) is 5.94. The van der Waals surface area contributed by atoms with Gasteiger partial charge in [-0.1, -0.05) is 49.7 Å². The number of carbonyl (C=O) groups is 1. The maximum atomic E-state index is 12.9. The Balaban J connectivity index is 1.39. The summed E-state index contributed by atoms with van der Waals surface area (Å²) < 4.78 is 5.77. The number of nitrogens with zero attached hydrogens (tertiary/aromatic N) is 3. The number of benzene rings is 3. The molecular formula is C27H23ClN4O2. The molecule has 0 unspecified atom stereocenters. The lowest BCUT2D eigenvalue weighted by Crippen LogP contribution is -2.11. The van der Waals surface area contributed by atoms with Crippen molar-refractivity contribution in [2.75, 3.05) is 5.32 Å². The Labute approximate surface area is 202 Å². The van der Waals surface area contributed by atoms with Gasteiger partial charge in [-0.15, -0.1) is 10.2 Å². The lowest BCUT2D eigenvalue weighted by Gasteiger charge is -2.06. The quantitative estimate of drug-likeness (QED) is 0.299. The predicted molar refractivity (Wildman–Crippen MR) is 135 cm³/mol. The summed E-state index contributed by atoms with van der Waals surface area (Å²) >= 11 is 6.06. The van der Waals surface area contributed by atoms with E-state index < -0.39 is 0 Å². The molecule has 5 rings (SSSR count). The molecule has 1 N–H and O–H groups in total. The normalized spacial score (nSPS) is 11.3. The predicted octanol–water partition coefficient (Wildman–Crippen LogP) is 7.02. The summed E-state index contributed by atoms with van der Waals surface area (Å²) in [5.74, 6) is 0.908. The molecule has 6 nitrogen and oxygen atoms in total. The van der Waals surface area contributed by atoms with Crippen LogP contribution in [-0.4, -0.2) is 20.9 Å². The second kappa shape index (κ2) is 8.80. The van der Waals surface area contributed by atoms with Crippen LogP contribution in [0.5, 0.6) is 0 Å². The van der Waals surface area contributed by atoms with Gasteiger partial charge in [-0.2, -0.15) is 4.80 Å². The van der Waals surface area contributed by atoms with E-state index in [0.717, 1.165) is 22.3 Å². The second-order valence-corrected chi connectivity index (χ2v) is 8.96. The zero-order valence-corrected chi connectivity index (χ0v) is 19.8. The topological polar surface area (TPSA) is 73.0 Å². The molecule has 0 saturated carbocycles.